The molecule has 2 aromatic carbocycles. The van der Waals surface area contributed by atoms with Crippen molar-refractivity contribution in [2.75, 3.05) is 31.1 Å². The normalized spacial score (nSPS) is 18.7. The van der Waals surface area contributed by atoms with Crippen LogP contribution in [0.4, 0.5) is 5.69 Å². The maximum atomic E-state index is 13.2. The van der Waals surface area contributed by atoms with Crippen molar-refractivity contribution in [3.05, 3.63) is 76.1 Å². The van der Waals surface area contributed by atoms with Gasteiger partial charge in [0.1, 0.15) is 6.10 Å². The molecule has 1 saturated heterocycles. The fourth-order valence-corrected chi connectivity index (χ4v) is 4.40. The van der Waals surface area contributed by atoms with Gasteiger partial charge in [0.25, 0.3) is 5.91 Å². The van der Waals surface area contributed by atoms with Gasteiger partial charge in [-0.2, -0.15) is 0 Å². The number of hydrogen-bond donors (Lipinski definition) is 0. The van der Waals surface area contributed by atoms with Crippen molar-refractivity contribution < 1.29 is 9.53 Å². The molecular formula is C23H24ClN5O2. The summed E-state index contributed by atoms with van der Waals surface area (Å²) in [6.07, 6.45) is -0.132. The van der Waals surface area contributed by atoms with Gasteiger partial charge in [0.05, 0.1) is 18.8 Å². The molecule has 1 amide bonds. The summed E-state index contributed by atoms with van der Waals surface area (Å²) in [6.45, 7) is 5.88. The molecule has 2 aliphatic heterocycles. The number of fused-ring (bicyclic) bond motifs is 1. The van der Waals surface area contributed by atoms with Crippen molar-refractivity contribution >= 4 is 23.2 Å². The maximum Gasteiger partial charge on any atom is 0.276 e. The molecule has 0 radical (unpaired) electrons. The third-order valence-electron chi connectivity index (χ3n) is 6.06. The number of ether oxygens (including phenoxy) is 1. The summed E-state index contributed by atoms with van der Waals surface area (Å²) in [4.78, 5) is 17.4. The van der Waals surface area contributed by atoms with Crippen molar-refractivity contribution in [2.24, 2.45) is 0 Å². The van der Waals surface area contributed by atoms with Gasteiger partial charge in [-0.1, -0.05) is 47.1 Å². The molecule has 1 atom stereocenters. The first-order valence-electron chi connectivity index (χ1n) is 10.5. The number of halogens is 1. The number of aryl methyl sites for hydroxylation is 1. The Morgan fingerprint density at radius 3 is 2.55 bits per heavy atom. The first kappa shape index (κ1) is 20.0. The molecule has 160 valence electrons. The second kappa shape index (κ2) is 8.32. The maximum absolute atomic E-state index is 13.2. The highest BCUT2D eigenvalue weighted by molar-refractivity contribution is 6.30. The summed E-state index contributed by atoms with van der Waals surface area (Å²) in [5, 5.41) is 9.15. The third-order valence-corrected chi connectivity index (χ3v) is 6.32. The second-order valence-corrected chi connectivity index (χ2v) is 8.42. The molecule has 0 bridgehead atoms. The van der Waals surface area contributed by atoms with E-state index in [1.165, 1.54) is 11.3 Å². The average Bonchev–Trinajstić information content (AvgIpc) is 3.23. The number of para-hydroxylation sites is 1. The predicted molar refractivity (Wildman–Crippen MR) is 118 cm³/mol. The van der Waals surface area contributed by atoms with Gasteiger partial charge in [-0.15, -0.1) is 5.10 Å². The van der Waals surface area contributed by atoms with Crippen LogP contribution in [0.2, 0.25) is 5.02 Å². The highest BCUT2D eigenvalue weighted by Crippen LogP contribution is 2.28. The fourth-order valence-electron chi connectivity index (χ4n) is 4.28. The molecule has 8 heteroatoms. The van der Waals surface area contributed by atoms with Crippen LogP contribution < -0.4 is 4.90 Å². The molecule has 3 heterocycles. The molecule has 0 unspecified atom stereocenters. The van der Waals surface area contributed by atoms with Gasteiger partial charge in [0, 0.05) is 36.9 Å². The first-order valence-corrected chi connectivity index (χ1v) is 10.9. The summed E-state index contributed by atoms with van der Waals surface area (Å²) in [7, 11) is 0. The second-order valence-electron chi connectivity index (χ2n) is 7.98. The SMILES string of the molecule is Cc1ccccc1N1CCN(C(=O)c2nnn3c2CO[C@@H](c2ccc(Cl)cc2)C3)CC1. The molecule has 5 rings (SSSR count). The van der Waals surface area contributed by atoms with E-state index in [1.54, 1.807) is 4.68 Å². The van der Waals surface area contributed by atoms with Crippen LogP contribution in [0, 0.1) is 6.92 Å². The molecule has 0 aliphatic carbocycles. The van der Waals surface area contributed by atoms with Crippen LogP contribution in [0.1, 0.15) is 33.4 Å². The van der Waals surface area contributed by atoms with Gasteiger partial charge >= 0.3 is 0 Å². The van der Waals surface area contributed by atoms with Crippen LogP contribution in [-0.2, 0) is 17.9 Å². The molecule has 0 spiro atoms. The number of rotatable bonds is 3. The zero-order valence-corrected chi connectivity index (χ0v) is 18.1. The van der Waals surface area contributed by atoms with Crippen molar-refractivity contribution in [3.63, 3.8) is 0 Å². The van der Waals surface area contributed by atoms with Crippen molar-refractivity contribution in [2.45, 2.75) is 26.2 Å². The predicted octanol–water partition coefficient (Wildman–Crippen LogP) is 3.47. The summed E-state index contributed by atoms with van der Waals surface area (Å²) < 4.78 is 7.82. The molecule has 2 aliphatic rings. The topological polar surface area (TPSA) is 63.5 Å². The van der Waals surface area contributed by atoms with Crippen LogP contribution in [0.5, 0.6) is 0 Å². The number of nitrogens with zero attached hydrogens (tertiary/aromatic N) is 5. The smallest absolute Gasteiger partial charge is 0.276 e. The molecule has 1 aromatic heterocycles. The minimum Gasteiger partial charge on any atom is -0.368 e. The Morgan fingerprint density at radius 2 is 1.81 bits per heavy atom. The Hall–Kier alpha value is -2.90. The van der Waals surface area contributed by atoms with Gasteiger partial charge in [0.2, 0.25) is 0 Å². The van der Waals surface area contributed by atoms with Gasteiger partial charge in [-0.3, -0.25) is 4.79 Å². The highest BCUT2D eigenvalue weighted by atomic mass is 35.5. The lowest BCUT2D eigenvalue weighted by atomic mass is 10.1. The number of hydrogen-bond acceptors (Lipinski definition) is 5. The van der Waals surface area contributed by atoms with Crippen LogP contribution in [-0.4, -0.2) is 52.0 Å². The Kier molecular flexibility index (Phi) is 5.38. The lowest BCUT2D eigenvalue weighted by molar-refractivity contribution is -0.00196. The standard InChI is InChI=1S/C23H24ClN5O2/c1-16-4-2-3-5-19(16)27-10-12-28(13-11-27)23(30)22-20-15-31-21(14-29(20)26-25-22)17-6-8-18(24)9-7-17/h2-9,21H,10-15H2,1H3/t21-/m1/s1. The number of piperazine rings is 1. The molecule has 1 fully saturated rings. The van der Waals surface area contributed by atoms with Crippen molar-refractivity contribution in [3.8, 4) is 0 Å². The average molecular weight is 438 g/mol. The summed E-state index contributed by atoms with van der Waals surface area (Å²) in [5.41, 5.74) is 4.67. The van der Waals surface area contributed by atoms with E-state index in [0.717, 1.165) is 24.3 Å². The minimum absolute atomic E-state index is 0.0702. The summed E-state index contributed by atoms with van der Waals surface area (Å²) in [6, 6.07) is 16.0. The number of carbonyl (C=O) groups is 1. The fraction of sp³-hybridized carbons (Fsp3) is 0.348. The highest BCUT2D eigenvalue weighted by Gasteiger charge is 2.31. The van der Waals surface area contributed by atoms with Gasteiger partial charge in [-0.25, -0.2) is 4.68 Å². The van der Waals surface area contributed by atoms with E-state index in [9.17, 15) is 4.79 Å². The summed E-state index contributed by atoms with van der Waals surface area (Å²) in [5.74, 6) is -0.0702. The van der Waals surface area contributed by atoms with E-state index >= 15 is 0 Å². The van der Waals surface area contributed by atoms with E-state index in [4.69, 9.17) is 16.3 Å². The number of aromatic nitrogens is 3. The van der Waals surface area contributed by atoms with Crippen molar-refractivity contribution in [1.82, 2.24) is 19.9 Å². The zero-order chi connectivity index (χ0) is 21.4. The third kappa shape index (κ3) is 3.91. The Balaban J connectivity index is 1.26. The largest absolute Gasteiger partial charge is 0.368 e. The Labute approximate surface area is 186 Å². The molecule has 0 saturated carbocycles. The molecular weight excluding hydrogens is 414 g/mol. The van der Waals surface area contributed by atoms with Crippen LogP contribution in [0.15, 0.2) is 48.5 Å². The van der Waals surface area contributed by atoms with Crippen molar-refractivity contribution in [1.29, 1.82) is 0 Å². The van der Waals surface area contributed by atoms with Crippen LogP contribution in [0.25, 0.3) is 0 Å². The van der Waals surface area contributed by atoms with E-state index < -0.39 is 0 Å². The van der Waals surface area contributed by atoms with E-state index in [1.807, 2.05) is 35.2 Å². The zero-order valence-electron chi connectivity index (χ0n) is 17.4. The molecule has 3 aromatic rings. The number of amides is 1. The van der Waals surface area contributed by atoms with Gasteiger partial charge in [0.15, 0.2) is 5.69 Å². The molecule has 0 N–H and O–H groups in total. The van der Waals surface area contributed by atoms with Gasteiger partial charge < -0.3 is 14.5 Å². The lowest BCUT2D eigenvalue weighted by Gasteiger charge is -2.36. The number of anilines is 1. The Morgan fingerprint density at radius 1 is 1.06 bits per heavy atom. The van der Waals surface area contributed by atoms with Crippen LogP contribution >= 0.6 is 11.6 Å². The summed E-state index contributed by atoms with van der Waals surface area (Å²) >= 11 is 5.98. The number of benzene rings is 2. The Bertz CT molecular complexity index is 1090. The molecule has 7 nitrogen and oxygen atoms in total. The number of carbonyl (C=O) groups excluding carboxylic acids is 1. The van der Waals surface area contributed by atoms with Crippen LogP contribution in [0.3, 0.4) is 0 Å². The minimum atomic E-state index is -0.132. The monoisotopic (exact) mass is 437 g/mol. The lowest BCUT2D eigenvalue weighted by Crippen LogP contribution is -2.49. The first-order chi connectivity index (χ1) is 15.1. The van der Waals surface area contributed by atoms with E-state index in [2.05, 4.69) is 40.3 Å². The van der Waals surface area contributed by atoms with Gasteiger partial charge in [-0.05, 0) is 36.2 Å². The quantitative estimate of drug-likeness (QED) is 0.627. The van der Waals surface area contributed by atoms with E-state index in [0.29, 0.717) is 37.0 Å². The van der Waals surface area contributed by atoms with E-state index in [-0.39, 0.29) is 12.0 Å². The molecule has 31 heavy (non-hydrogen) atoms.